The van der Waals surface area contributed by atoms with Crippen LogP contribution < -0.4 is 5.73 Å². The van der Waals surface area contributed by atoms with Gasteiger partial charge in [-0.05, 0) is 23.6 Å². The Kier molecular flexibility index (Phi) is 3.63. The van der Waals surface area contributed by atoms with Gasteiger partial charge in [0.25, 0.3) is 0 Å². The van der Waals surface area contributed by atoms with Crippen molar-refractivity contribution in [3.8, 4) is 11.1 Å². The first kappa shape index (κ1) is 12.2. The van der Waals surface area contributed by atoms with Gasteiger partial charge in [-0.3, -0.25) is 0 Å². The zero-order valence-corrected chi connectivity index (χ0v) is 10.3. The molecule has 0 spiro atoms. The Morgan fingerprint density at radius 3 is 2.56 bits per heavy atom. The standard InChI is InChI=1S/C15H16N2O/c1-11-7-8-14(12-5-3-2-4-6-12)13(9-11)10-15(16)17-18/h2-9,18H,10H2,1H3,(H2,16,17). The number of benzene rings is 2. The maximum atomic E-state index is 8.69. The summed E-state index contributed by atoms with van der Waals surface area (Å²) in [5, 5.41) is 11.7. The maximum absolute atomic E-state index is 8.69. The van der Waals surface area contributed by atoms with Gasteiger partial charge in [0, 0.05) is 6.42 Å². The molecule has 0 radical (unpaired) electrons. The Balaban J connectivity index is 2.47. The number of hydrogen-bond donors (Lipinski definition) is 2. The quantitative estimate of drug-likeness (QED) is 0.375. The molecule has 0 heterocycles. The van der Waals surface area contributed by atoms with Crippen molar-refractivity contribution in [2.75, 3.05) is 0 Å². The van der Waals surface area contributed by atoms with Gasteiger partial charge in [0.1, 0.15) is 5.84 Å². The second-order valence-corrected chi connectivity index (χ2v) is 4.29. The normalized spacial score (nSPS) is 11.5. The van der Waals surface area contributed by atoms with E-state index in [1.807, 2.05) is 25.1 Å². The third kappa shape index (κ3) is 2.69. The number of hydrogen-bond acceptors (Lipinski definition) is 2. The topological polar surface area (TPSA) is 58.6 Å². The highest BCUT2D eigenvalue weighted by Crippen LogP contribution is 2.25. The second-order valence-electron chi connectivity index (χ2n) is 4.29. The average molecular weight is 240 g/mol. The van der Waals surface area contributed by atoms with Crippen molar-refractivity contribution in [2.24, 2.45) is 10.9 Å². The molecule has 2 aromatic carbocycles. The van der Waals surface area contributed by atoms with Gasteiger partial charge in [-0.25, -0.2) is 0 Å². The predicted octanol–water partition coefficient (Wildman–Crippen LogP) is 2.95. The highest BCUT2D eigenvalue weighted by molar-refractivity contribution is 5.84. The number of nitrogens with two attached hydrogens (primary N) is 1. The van der Waals surface area contributed by atoms with Gasteiger partial charge >= 0.3 is 0 Å². The number of rotatable bonds is 3. The lowest BCUT2D eigenvalue weighted by Crippen LogP contribution is -2.15. The molecule has 0 saturated carbocycles. The molecule has 0 saturated heterocycles. The summed E-state index contributed by atoms with van der Waals surface area (Å²) in [6, 6.07) is 16.3. The first-order chi connectivity index (χ1) is 8.70. The molecule has 0 bridgehead atoms. The molecule has 3 nitrogen and oxygen atoms in total. The van der Waals surface area contributed by atoms with Crippen LogP contribution in [0.15, 0.2) is 53.7 Å². The summed E-state index contributed by atoms with van der Waals surface area (Å²) >= 11 is 0. The zero-order valence-electron chi connectivity index (χ0n) is 10.3. The van der Waals surface area contributed by atoms with E-state index in [9.17, 15) is 0 Å². The summed E-state index contributed by atoms with van der Waals surface area (Å²) < 4.78 is 0. The number of aryl methyl sites for hydroxylation is 1. The van der Waals surface area contributed by atoms with E-state index in [0.717, 1.165) is 22.3 Å². The molecule has 0 atom stereocenters. The number of amidine groups is 1. The molecular weight excluding hydrogens is 224 g/mol. The van der Waals surface area contributed by atoms with Gasteiger partial charge in [0.05, 0.1) is 0 Å². The molecule has 3 heteroatoms. The predicted molar refractivity (Wildman–Crippen MR) is 73.7 cm³/mol. The van der Waals surface area contributed by atoms with Crippen molar-refractivity contribution in [3.05, 3.63) is 59.7 Å². The molecule has 0 unspecified atom stereocenters. The Morgan fingerprint density at radius 2 is 1.89 bits per heavy atom. The van der Waals surface area contributed by atoms with Gasteiger partial charge in [-0.2, -0.15) is 0 Å². The van der Waals surface area contributed by atoms with Gasteiger partial charge in [-0.15, -0.1) is 0 Å². The lowest BCUT2D eigenvalue weighted by molar-refractivity contribution is 0.317. The van der Waals surface area contributed by atoms with Crippen LogP contribution in [0, 0.1) is 6.92 Å². The molecule has 2 rings (SSSR count). The Hall–Kier alpha value is -2.29. The lowest BCUT2D eigenvalue weighted by atomic mass is 9.96. The SMILES string of the molecule is Cc1ccc(-c2ccccc2)c(CC(N)=NO)c1. The molecule has 0 aliphatic carbocycles. The summed E-state index contributed by atoms with van der Waals surface area (Å²) in [7, 11) is 0. The minimum atomic E-state index is 0.220. The molecule has 0 fully saturated rings. The second kappa shape index (κ2) is 5.36. The van der Waals surface area contributed by atoms with E-state index < -0.39 is 0 Å². The molecule has 0 amide bonds. The van der Waals surface area contributed by atoms with Gasteiger partial charge < -0.3 is 10.9 Å². The van der Waals surface area contributed by atoms with Crippen molar-refractivity contribution in [1.82, 2.24) is 0 Å². The van der Waals surface area contributed by atoms with Crippen LogP contribution in [0.4, 0.5) is 0 Å². The Labute approximate surface area is 107 Å². The van der Waals surface area contributed by atoms with E-state index in [1.54, 1.807) is 0 Å². The first-order valence-electron chi connectivity index (χ1n) is 5.82. The first-order valence-corrected chi connectivity index (χ1v) is 5.82. The maximum Gasteiger partial charge on any atom is 0.143 e. The fraction of sp³-hybridized carbons (Fsp3) is 0.133. The van der Waals surface area contributed by atoms with Gasteiger partial charge in [0.15, 0.2) is 0 Å². The van der Waals surface area contributed by atoms with Crippen LogP contribution in [0.25, 0.3) is 11.1 Å². The lowest BCUT2D eigenvalue weighted by Gasteiger charge is -2.10. The van der Waals surface area contributed by atoms with Gasteiger partial charge in [0.2, 0.25) is 0 Å². The summed E-state index contributed by atoms with van der Waals surface area (Å²) in [5.74, 6) is 0.220. The third-order valence-corrected chi connectivity index (χ3v) is 2.85. The number of oxime groups is 1. The van der Waals surface area contributed by atoms with Crippen molar-refractivity contribution in [1.29, 1.82) is 0 Å². The van der Waals surface area contributed by atoms with E-state index in [2.05, 4.69) is 35.5 Å². The van der Waals surface area contributed by atoms with E-state index in [1.165, 1.54) is 0 Å². The molecule has 3 N–H and O–H groups in total. The fourth-order valence-electron chi connectivity index (χ4n) is 2.00. The highest BCUT2D eigenvalue weighted by atomic mass is 16.4. The molecular formula is C15H16N2O. The van der Waals surface area contributed by atoms with Crippen molar-refractivity contribution in [3.63, 3.8) is 0 Å². The molecule has 0 aromatic heterocycles. The molecule has 2 aromatic rings. The van der Waals surface area contributed by atoms with E-state index in [-0.39, 0.29) is 5.84 Å². The van der Waals surface area contributed by atoms with Crippen LogP contribution in [-0.4, -0.2) is 11.0 Å². The highest BCUT2D eigenvalue weighted by Gasteiger charge is 2.07. The van der Waals surface area contributed by atoms with Crippen molar-refractivity contribution < 1.29 is 5.21 Å². The fourth-order valence-corrected chi connectivity index (χ4v) is 2.00. The largest absolute Gasteiger partial charge is 0.409 e. The van der Waals surface area contributed by atoms with E-state index >= 15 is 0 Å². The van der Waals surface area contributed by atoms with Crippen LogP contribution in [0.5, 0.6) is 0 Å². The third-order valence-electron chi connectivity index (χ3n) is 2.85. The molecule has 0 aliphatic heterocycles. The van der Waals surface area contributed by atoms with Crippen molar-refractivity contribution in [2.45, 2.75) is 13.3 Å². The van der Waals surface area contributed by atoms with Crippen LogP contribution in [0.1, 0.15) is 11.1 Å². The minimum absolute atomic E-state index is 0.220. The molecule has 18 heavy (non-hydrogen) atoms. The van der Waals surface area contributed by atoms with E-state index in [0.29, 0.717) is 6.42 Å². The molecule has 92 valence electrons. The zero-order chi connectivity index (χ0) is 13.0. The van der Waals surface area contributed by atoms with E-state index in [4.69, 9.17) is 10.9 Å². The monoisotopic (exact) mass is 240 g/mol. The van der Waals surface area contributed by atoms with Crippen LogP contribution >= 0.6 is 0 Å². The van der Waals surface area contributed by atoms with Crippen LogP contribution in [-0.2, 0) is 6.42 Å². The van der Waals surface area contributed by atoms with Crippen molar-refractivity contribution >= 4 is 5.84 Å². The minimum Gasteiger partial charge on any atom is -0.409 e. The number of nitrogens with zero attached hydrogens (tertiary/aromatic N) is 1. The summed E-state index contributed by atoms with van der Waals surface area (Å²) in [6.07, 6.45) is 0.447. The summed E-state index contributed by atoms with van der Waals surface area (Å²) in [5.41, 5.74) is 10.1. The average Bonchev–Trinajstić information content (AvgIpc) is 2.40. The Morgan fingerprint density at radius 1 is 1.17 bits per heavy atom. The Bertz CT molecular complexity index is 562. The smallest absolute Gasteiger partial charge is 0.143 e. The summed E-state index contributed by atoms with van der Waals surface area (Å²) in [4.78, 5) is 0. The van der Waals surface area contributed by atoms with Crippen LogP contribution in [0.3, 0.4) is 0 Å². The molecule has 0 aliphatic rings. The van der Waals surface area contributed by atoms with Crippen LogP contribution in [0.2, 0.25) is 0 Å². The summed E-state index contributed by atoms with van der Waals surface area (Å²) in [6.45, 7) is 2.03. The van der Waals surface area contributed by atoms with Gasteiger partial charge in [-0.1, -0.05) is 59.3 Å².